The zero-order valence-corrected chi connectivity index (χ0v) is 13.5. The molecule has 1 aromatic heterocycles. The lowest BCUT2D eigenvalue weighted by molar-refractivity contribution is -0.118. The predicted octanol–water partition coefficient (Wildman–Crippen LogP) is 1.86. The Balaban J connectivity index is 1.63. The van der Waals surface area contributed by atoms with Crippen LogP contribution in [0.5, 0.6) is 0 Å². The Morgan fingerprint density at radius 3 is 2.83 bits per heavy atom. The van der Waals surface area contributed by atoms with Crippen molar-refractivity contribution in [3.63, 3.8) is 0 Å². The van der Waals surface area contributed by atoms with Crippen molar-refractivity contribution in [3.8, 4) is 0 Å². The van der Waals surface area contributed by atoms with E-state index in [2.05, 4.69) is 15.8 Å². The normalized spacial score (nSPS) is 16.7. The van der Waals surface area contributed by atoms with Gasteiger partial charge in [0.15, 0.2) is 5.69 Å². The highest BCUT2D eigenvalue weighted by Gasteiger charge is 2.16. The van der Waals surface area contributed by atoms with Crippen LogP contribution in [0.1, 0.15) is 55.9 Å². The molecule has 23 heavy (non-hydrogen) atoms. The number of hydrogen-bond acceptors (Lipinski definition) is 5. The van der Waals surface area contributed by atoms with E-state index in [9.17, 15) is 9.59 Å². The minimum Gasteiger partial charge on any atom is -0.364 e. The summed E-state index contributed by atoms with van der Waals surface area (Å²) in [5.74, 6) is 0.330. The summed E-state index contributed by atoms with van der Waals surface area (Å²) >= 11 is 0. The van der Waals surface area contributed by atoms with Gasteiger partial charge in [-0.05, 0) is 19.3 Å². The third-order valence-corrected chi connectivity index (χ3v) is 4.10. The number of amides is 2. The van der Waals surface area contributed by atoms with Crippen molar-refractivity contribution in [2.75, 3.05) is 11.9 Å². The Bertz CT molecular complexity index is 523. The largest absolute Gasteiger partial charge is 0.364 e. The van der Waals surface area contributed by atoms with E-state index < -0.39 is 5.91 Å². The molecule has 0 bridgehead atoms. The average Bonchev–Trinajstić information content (AvgIpc) is 3.01. The highest BCUT2D eigenvalue weighted by molar-refractivity contribution is 5.91. The van der Waals surface area contributed by atoms with Crippen LogP contribution >= 0.6 is 0 Å². The minimum atomic E-state index is -0.638. The van der Waals surface area contributed by atoms with E-state index in [-0.39, 0.29) is 17.6 Å². The third-order valence-electron chi connectivity index (χ3n) is 4.10. The van der Waals surface area contributed by atoms with Gasteiger partial charge in [-0.2, -0.15) is 0 Å². The number of nitrogens with one attached hydrogen (secondary N) is 2. The molecule has 1 heterocycles. The second-order valence-electron chi connectivity index (χ2n) is 6.18. The van der Waals surface area contributed by atoms with Crippen LogP contribution in [-0.2, 0) is 4.79 Å². The van der Waals surface area contributed by atoms with Crippen molar-refractivity contribution < 1.29 is 14.1 Å². The molecule has 1 aliphatic rings. The highest BCUT2D eigenvalue weighted by atomic mass is 16.5. The molecule has 4 N–H and O–H groups in total. The minimum absolute atomic E-state index is 0.0414. The molecule has 0 aliphatic heterocycles. The van der Waals surface area contributed by atoms with Gasteiger partial charge in [0.1, 0.15) is 0 Å². The van der Waals surface area contributed by atoms with Crippen LogP contribution in [0.15, 0.2) is 10.6 Å². The maximum absolute atomic E-state index is 11.9. The molecule has 7 heteroatoms. The monoisotopic (exact) mass is 321 g/mol. The van der Waals surface area contributed by atoms with Gasteiger partial charge in [-0.1, -0.05) is 37.3 Å². The fourth-order valence-corrected chi connectivity index (χ4v) is 2.78. The summed E-state index contributed by atoms with van der Waals surface area (Å²) in [4.78, 5) is 22.8. The average molecular weight is 321 g/mol. The topological polar surface area (TPSA) is 110 Å². The van der Waals surface area contributed by atoms with Crippen LogP contribution in [0.4, 0.5) is 5.88 Å². The van der Waals surface area contributed by atoms with Crippen LogP contribution in [0.25, 0.3) is 0 Å². The van der Waals surface area contributed by atoms with E-state index in [0.717, 1.165) is 6.42 Å². The molecule has 0 saturated heterocycles. The molecule has 1 fully saturated rings. The van der Waals surface area contributed by atoms with Crippen molar-refractivity contribution in [1.29, 1.82) is 0 Å². The number of hydrogen-bond donors (Lipinski definition) is 3. The number of nitrogens with two attached hydrogens (primary N) is 1. The third kappa shape index (κ3) is 5.92. The fourth-order valence-electron chi connectivity index (χ4n) is 2.78. The van der Waals surface area contributed by atoms with Crippen LogP contribution in [0.2, 0.25) is 0 Å². The summed E-state index contributed by atoms with van der Waals surface area (Å²) in [5, 5.41) is 9.40. The van der Waals surface area contributed by atoms with E-state index in [0.29, 0.717) is 18.3 Å². The van der Waals surface area contributed by atoms with Gasteiger partial charge in [0.25, 0.3) is 5.91 Å². The van der Waals surface area contributed by atoms with Crippen LogP contribution in [-0.4, -0.2) is 29.6 Å². The Morgan fingerprint density at radius 1 is 1.43 bits per heavy atom. The maximum atomic E-state index is 11.9. The zero-order valence-electron chi connectivity index (χ0n) is 13.5. The molecule has 1 aromatic rings. The van der Waals surface area contributed by atoms with Crippen molar-refractivity contribution in [2.24, 2.45) is 11.7 Å². The standard InChI is InChI=1S/C16H25N4O3/c1-11(10-18-15-9-13(16(17)22)20-23-15)19-14(21)8-7-12-5-3-2-4-6-12/h8-9,11-12,18H,2-7,10H2,1H3,(H2,17,22)(H,19,21)/t11-/m0/s1. The second-order valence-corrected chi connectivity index (χ2v) is 6.18. The summed E-state index contributed by atoms with van der Waals surface area (Å²) < 4.78 is 4.93. The predicted molar refractivity (Wildman–Crippen MR) is 86.6 cm³/mol. The molecule has 2 amide bonds. The van der Waals surface area contributed by atoms with E-state index >= 15 is 0 Å². The molecule has 7 nitrogen and oxygen atoms in total. The lowest BCUT2D eigenvalue weighted by Crippen LogP contribution is -2.37. The summed E-state index contributed by atoms with van der Waals surface area (Å²) in [6.07, 6.45) is 8.96. The molecule has 1 aliphatic carbocycles. The van der Waals surface area contributed by atoms with E-state index in [1.807, 2.05) is 6.92 Å². The Labute approximate surface area is 136 Å². The van der Waals surface area contributed by atoms with Gasteiger partial charge in [0, 0.05) is 25.1 Å². The molecule has 0 spiro atoms. The first kappa shape index (κ1) is 17.3. The van der Waals surface area contributed by atoms with E-state index in [4.69, 9.17) is 10.3 Å². The van der Waals surface area contributed by atoms with Gasteiger partial charge in [-0.3, -0.25) is 9.59 Å². The van der Waals surface area contributed by atoms with Gasteiger partial charge >= 0.3 is 0 Å². The molecule has 1 atom stereocenters. The van der Waals surface area contributed by atoms with Crippen molar-refractivity contribution in [2.45, 2.75) is 51.5 Å². The number of nitrogens with zero attached hydrogens (tertiary/aromatic N) is 1. The quantitative estimate of drug-likeness (QED) is 0.677. The first-order chi connectivity index (χ1) is 11.0. The van der Waals surface area contributed by atoms with Gasteiger partial charge in [-0.15, -0.1) is 0 Å². The molecular weight excluding hydrogens is 296 g/mol. The first-order valence-corrected chi connectivity index (χ1v) is 8.18. The molecule has 2 rings (SSSR count). The molecule has 0 unspecified atom stereocenters. The summed E-state index contributed by atoms with van der Waals surface area (Å²) in [7, 11) is 0. The number of primary amides is 1. The first-order valence-electron chi connectivity index (χ1n) is 8.18. The van der Waals surface area contributed by atoms with Gasteiger partial charge in [-0.25, -0.2) is 0 Å². The SMILES string of the molecule is C[C@@H](CNc1cc(C(N)=O)no1)NC(=O)[CH]CC1CCCCC1. The lowest BCUT2D eigenvalue weighted by atomic mass is 9.86. The van der Waals surface area contributed by atoms with Gasteiger partial charge in [0.05, 0.1) is 0 Å². The fraction of sp³-hybridized carbons (Fsp3) is 0.625. The van der Waals surface area contributed by atoms with Crippen molar-refractivity contribution >= 4 is 17.7 Å². The highest BCUT2D eigenvalue weighted by Crippen LogP contribution is 2.26. The van der Waals surface area contributed by atoms with Crippen molar-refractivity contribution in [1.82, 2.24) is 10.5 Å². The molecule has 1 saturated carbocycles. The summed E-state index contributed by atoms with van der Waals surface area (Å²) in [6.45, 7) is 2.36. The van der Waals surface area contributed by atoms with Crippen LogP contribution in [0, 0.1) is 12.3 Å². The van der Waals surface area contributed by atoms with Crippen LogP contribution < -0.4 is 16.4 Å². The second kappa shape index (κ2) is 8.55. The lowest BCUT2D eigenvalue weighted by Gasteiger charge is -2.21. The molecule has 0 aromatic carbocycles. The maximum Gasteiger partial charge on any atom is 0.270 e. The number of carbonyl (C=O) groups excluding carboxylic acids is 2. The van der Waals surface area contributed by atoms with Crippen LogP contribution in [0.3, 0.4) is 0 Å². The van der Waals surface area contributed by atoms with Crippen molar-refractivity contribution in [3.05, 3.63) is 18.2 Å². The molecular formula is C16H25N4O3. The smallest absolute Gasteiger partial charge is 0.270 e. The zero-order chi connectivity index (χ0) is 16.7. The Hall–Kier alpha value is -2.05. The van der Waals surface area contributed by atoms with E-state index in [1.54, 1.807) is 6.42 Å². The molecule has 1 radical (unpaired) electrons. The number of rotatable bonds is 8. The van der Waals surface area contributed by atoms with E-state index in [1.165, 1.54) is 38.2 Å². The summed E-state index contributed by atoms with van der Waals surface area (Å²) in [6, 6.07) is 1.36. The number of aromatic nitrogens is 1. The number of anilines is 1. The Kier molecular flexibility index (Phi) is 6.43. The summed E-state index contributed by atoms with van der Waals surface area (Å²) in [5.41, 5.74) is 5.17. The van der Waals surface area contributed by atoms with Gasteiger partial charge in [0.2, 0.25) is 11.8 Å². The number of carbonyl (C=O) groups is 2. The molecule has 127 valence electrons. The van der Waals surface area contributed by atoms with Gasteiger partial charge < -0.3 is 20.9 Å². The Morgan fingerprint density at radius 2 is 2.17 bits per heavy atom.